The summed E-state index contributed by atoms with van der Waals surface area (Å²) in [5.41, 5.74) is 1.69. The van der Waals surface area contributed by atoms with Gasteiger partial charge in [0.1, 0.15) is 5.78 Å². The van der Waals surface area contributed by atoms with E-state index in [9.17, 15) is 24.0 Å². The summed E-state index contributed by atoms with van der Waals surface area (Å²) in [5.74, 6) is 4.19. The number of nitrogens with one attached hydrogen (secondary N) is 2. The molecule has 0 saturated carbocycles. The number of anilines is 1. The largest absolute Gasteiger partial charge is 0.424 e. The number of Topliss-reactive ketones (excluding diaryl/α,β-unsaturated/α-hetero) is 2. The lowest BCUT2D eigenvalue weighted by molar-refractivity contribution is -0.132. The molecule has 0 aliphatic rings. The topological polar surface area (TPSA) is 185 Å². The molecular formula is C42H66N2O12. The maximum atomic E-state index is 12.7. The molecule has 0 aromatic heterocycles. The van der Waals surface area contributed by atoms with Crippen molar-refractivity contribution in [3.8, 4) is 17.6 Å². The third-order valence-corrected chi connectivity index (χ3v) is 8.65. The normalized spacial score (nSPS) is 12.3. The summed E-state index contributed by atoms with van der Waals surface area (Å²) in [6.07, 6.45) is 3.83. The van der Waals surface area contributed by atoms with Crippen molar-refractivity contribution in [1.82, 2.24) is 5.32 Å². The number of esters is 1. The Balaban J connectivity index is 2.17. The van der Waals surface area contributed by atoms with Crippen LogP contribution in [0.5, 0.6) is 5.75 Å². The molecule has 316 valence electrons. The Hall–Kier alpha value is -3.71. The predicted molar refractivity (Wildman–Crippen MR) is 212 cm³/mol. The molecule has 14 heteroatoms. The van der Waals surface area contributed by atoms with Crippen LogP contribution in [0.1, 0.15) is 92.1 Å². The molecule has 0 aliphatic carbocycles. The minimum absolute atomic E-state index is 0.0252. The van der Waals surface area contributed by atoms with Gasteiger partial charge in [0, 0.05) is 51.9 Å². The van der Waals surface area contributed by atoms with Gasteiger partial charge in [-0.3, -0.25) is 24.0 Å². The zero-order valence-corrected chi connectivity index (χ0v) is 34.5. The summed E-state index contributed by atoms with van der Waals surface area (Å²) in [5, 5.41) is 14.0. The molecule has 3 N–H and O–H groups in total. The molecule has 1 aromatic carbocycles. The van der Waals surface area contributed by atoms with E-state index >= 15 is 0 Å². The number of amides is 2. The highest BCUT2D eigenvalue weighted by atomic mass is 16.5. The second-order valence-electron chi connectivity index (χ2n) is 14.7. The van der Waals surface area contributed by atoms with E-state index in [-0.39, 0.29) is 75.3 Å². The average molecular weight is 791 g/mol. The lowest BCUT2D eigenvalue weighted by Gasteiger charge is -2.29. The standard InChI is InChI=1S/C42H66N2O12/c1-32(29-33(2)42(4,5)6)30-35-11-13-39(56-34(3)46)38(31-35)44-41(50)16-22-51-19-7-9-36(47)12-14-40(49)43-17-23-54-26-28-55-27-25-53-21-15-37(48)10-8-20-52-24-18-45/h11,13,31-33,45H,7-10,15-30H2,1-6H3,(H,43,49)(H,44,50)/t32-,33?/m1/s1. The lowest BCUT2D eigenvalue weighted by Crippen LogP contribution is -2.26. The van der Waals surface area contributed by atoms with E-state index < -0.39 is 17.7 Å². The fraction of sp³-hybridized carbons (Fsp3) is 0.690. The number of rotatable bonds is 31. The SMILES string of the molecule is CC(=O)Oc1ccc(C[C@H](C)CC(C)C(C)(C)C)cc1NC(=O)CCOCCCC(=O)C#CC(=O)NCCOCCOCCOCCC(=O)CCCOCCO. The van der Waals surface area contributed by atoms with E-state index in [1.165, 1.54) is 6.92 Å². The van der Waals surface area contributed by atoms with Crippen LogP contribution in [-0.2, 0) is 54.1 Å². The van der Waals surface area contributed by atoms with Gasteiger partial charge in [0.2, 0.25) is 11.7 Å². The van der Waals surface area contributed by atoms with Crippen LogP contribution < -0.4 is 15.4 Å². The Bertz CT molecular complexity index is 1380. The monoisotopic (exact) mass is 790 g/mol. The number of aliphatic hydroxyl groups excluding tert-OH is 1. The molecule has 0 radical (unpaired) electrons. The van der Waals surface area contributed by atoms with E-state index in [2.05, 4.69) is 57.1 Å². The van der Waals surface area contributed by atoms with Crippen LogP contribution in [0.15, 0.2) is 18.2 Å². The summed E-state index contributed by atoms with van der Waals surface area (Å²) >= 11 is 0. The minimum atomic E-state index is -0.585. The molecule has 2 amide bonds. The maximum absolute atomic E-state index is 12.7. The molecule has 2 atom stereocenters. The molecule has 14 nitrogen and oxygen atoms in total. The van der Waals surface area contributed by atoms with E-state index in [1.807, 2.05) is 12.1 Å². The number of carbonyl (C=O) groups excluding carboxylic acids is 5. The quantitative estimate of drug-likeness (QED) is 0.0316. The van der Waals surface area contributed by atoms with Crippen LogP contribution in [0.4, 0.5) is 5.69 Å². The fourth-order valence-electron chi connectivity index (χ4n) is 5.16. The van der Waals surface area contributed by atoms with Crippen molar-refractivity contribution in [2.75, 3.05) is 84.5 Å². The van der Waals surface area contributed by atoms with Gasteiger partial charge in [-0.05, 0) is 66.6 Å². The van der Waals surface area contributed by atoms with Gasteiger partial charge in [-0.15, -0.1) is 0 Å². The minimum Gasteiger partial charge on any atom is -0.424 e. The molecule has 0 saturated heterocycles. The summed E-state index contributed by atoms with van der Waals surface area (Å²) in [7, 11) is 0. The van der Waals surface area contributed by atoms with Gasteiger partial charge in [0.15, 0.2) is 5.75 Å². The first-order valence-electron chi connectivity index (χ1n) is 19.7. The molecule has 0 fully saturated rings. The van der Waals surface area contributed by atoms with Crippen molar-refractivity contribution in [2.24, 2.45) is 17.3 Å². The van der Waals surface area contributed by atoms with Crippen molar-refractivity contribution < 1.29 is 57.5 Å². The van der Waals surface area contributed by atoms with Crippen LogP contribution in [0.25, 0.3) is 0 Å². The third kappa shape index (κ3) is 27.0. The van der Waals surface area contributed by atoms with Crippen LogP contribution >= 0.6 is 0 Å². The third-order valence-electron chi connectivity index (χ3n) is 8.65. The molecule has 1 rings (SSSR count). The van der Waals surface area contributed by atoms with Crippen LogP contribution in [-0.4, -0.2) is 114 Å². The van der Waals surface area contributed by atoms with Gasteiger partial charge in [-0.25, -0.2) is 0 Å². The van der Waals surface area contributed by atoms with Crippen LogP contribution in [0.2, 0.25) is 0 Å². The first-order valence-corrected chi connectivity index (χ1v) is 19.7. The van der Waals surface area contributed by atoms with E-state index in [4.69, 9.17) is 33.5 Å². The number of ether oxygens (including phenoxy) is 6. The van der Waals surface area contributed by atoms with Crippen molar-refractivity contribution in [1.29, 1.82) is 0 Å². The van der Waals surface area contributed by atoms with Crippen molar-refractivity contribution in [3.63, 3.8) is 0 Å². The zero-order chi connectivity index (χ0) is 41.6. The summed E-state index contributed by atoms with van der Waals surface area (Å²) in [4.78, 5) is 60.1. The van der Waals surface area contributed by atoms with E-state index in [0.717, 1.165) is 18.4 Å². The number of aliphatic hydroxyl groups is 1. The molecule has 1 aromatic rings. The van der Waals surface area contributed by atoms with Gasteiger partial charge in [0.25, 0.3) is 5.91 Å². The Morgan fingerprint density at radius 1 is 0.750 bits per heavy atom. The van der Waals surface area contributed by atoms with Crippen LogP contribution in [0, 0.1) is 29.1 Å². The number of benzene rings is 1. The molecule has 0 heterocycles. The molecular weight excluding hydrogens is 724 g/mol. The highest BCUT2D eigenvalue weighted by molar-refractivity contribution is 6.03. The molecule has 0 spiro atoms. The first-order chi connectivity index (χ1) is 26.7. The second kappa shape index (κ2) is 30.4. The lowest BCUT2D eigenvalue weighted by atomic mass is 9.76. The van der Waals surface area contributed by atoms with Crippen LogP contribution in [0.3, 0.4) is 0 Å². The fourth-order valence-corrected chi connectivity index (χ4v) is 5.16. The van der Waals surface area contributed by atoms with Gasteiger partial charge in [0.05, 0.1) is 71.6 Å². The molecule has 0 aliphatic heterocycles. The summed E-state index contributed by atoms with van der Waals surface area (Å²) in [6, 6.07) is 5.48. The average Bonchev–Trinajstić information content (AvgIpc) is 3.13. The molecule has 0 bridgehead atoms. The van der Waals surface area contributed by atoms with E-state index in [0.29, 0.717) is 82.8 Å². The second-order valence-corrected chi connectivity index (χ2v) is 14.7. The number of hydrogen-bond acceptors (Lipinski definition) is 12. The predicted octanol–water partition coefficient (Wildman–Crippen LogP) is 4.48. The maximum Gasteiger partial charge on any atom is 0.308 e. The van der Waals surface area contributed by atoms with Gasteiger partial charge in [-0.1, -0.05) is 40.7 Å². The van der Waals surface area contributed by atoms with Crippen molar-refractivity contribution in [2.45, 2.75) is 92.9 Å². The van der Waals surface area contributed by atoms with Gasteiger partial charge < -0.3 is 44.2 Å². The Morgan fingerprint density at radius 3 is 2.02 bits per heavy atom. The number of carbonyl (C=O) groups is 5. The van der Waals surface area contributed by atoms with Crippen molar-refractivity contribution >= 4 is 35.0 Å². The van der Waals surface area contributed by atoms with Crippen molar-refractivity contribution in [3.05, 3.63) is 23.8 Å². The Morgan fingerprint density at radius 2 is 1.36 bits per heavy atom. The highest BCUT2D eigenvalue weighted by Gasteiger charge is 2.22. The summed E-state index contributed by atoms with van der Waals surface area (Å²) in [6.45, 7) is 15.8. The Kier molecular flexibility index (Phi) is 27.3. The van der Waals surface area contributed by atoms with E-state index in [1.54, 1.807) is 6.07 Å². The van der Waals surface area contributed by atoms with Gasteiger partial charge in [-0.2, -0.15) is 0 Å². The number of ketones is 2. The molecule has 1 unspecified atom stereocenters. The zero-order valence-electron chi connectivity index (χ0n) is 34.5. The summed E-state index contributed by atoms with van der Waals surface area (Å²) < 4.78 is 32.2. The first kappa shape index (κ1) is 50.3. The Labute approximate surface area is 333 Å². The smallest absolute Gasteiger partial charge is 0.308 e. The highest BCUT2D eigenvalue weighted by Crippen LogP contribution is 2.33. The van der Waals surface area contributed by atoms with Gasteiger partial charge >= 0.3 is 5.97 Å². The molecule has 56 heavy (non-hydrogen) atoms. The number of hydrogen-bond donors (Lipinski definition) is 3.